The molecule has 1 aromatic heterocycles. The van der Waals surface area contributed by atoms with Crippen molar-refractivity contribution in [3.8, 4) is 34.0 Å². The minimum atomic E-state index is -0.304. The maximum absolute atomic E-state index is 5.51. The van der Waals surface area contributed by atoms with Crippen LogP contribution in [0.4, 0.5) is 5.95 Å². The van der Waals surface area contributed by atoms with Gasteiger partial charge in [-0.15, -0.1) is 0 Å². The standard InChI is InChI=1S/C26H27N3O2/c1-26(2,20-13-9-6-10-14-20)29-25-27-23(18-11-7-5-8-12-18)24(28-25)19-15-16-21(30-3)22(17-19)31-4/h5-17H,1-4H3,(H2,27,28,29). The van der Waals surface area contributed by atoms with Crippen LogP contribution in [0.2, 0.25) is 0 Å². The number of nitrogens with zero attached hydrogens (tertiary/aromatic N) is 1. The molecule has 0 saturated carbocycles. The van der Waals surface area contributed by atoms with Gasteiger partial charge in [0.15, 0.2) is 11.5 Å². The Bertz CT molecular complexity index is 1150. The number of hydrogen-bond donors (Lipinski definition) is 2. The number of benzene rings is 3. The molecule has 0 unspecified atom stereocenters. The van der Waals surface area contributed by atoms with Gasteiger partial charge in [-0.05, 0) is 37.6 Å². The molecular formula is C26H27N3O2. The third-order valence-corrected chi connectivity index (χ3v) is 5.35. The summed E-state index contributed by atoms with van der Waals surface area (Å²) < 4.78 is 10.9. The molecule has 2 N–H and O–H groups in total. The van der Waals surface area contributed by atoms with Crippen LogP contribution < -0.4 is 14.8 Å². The van der Waals surface area contributed by atoms with E-state index < -0.39 is 0 Å². The minimum Gasteiger partial charge on any atom is -0.493 e. The molecule has 5 nitrogen and oxygen atoms in total. The Morgan fingerprint density at radius 2 is 1.42 bits per heavy atom. The fraction of sp³-hybridized carbons (Fsp3) is 0.192. The number of ether oxygens (including phenoxy) is 2. The van der Waals surface area contributed by atoms with Crippen molar-refractivity contribution in [2.75, 3.05) is 19.5 Å². The van der Waals surface area contributed by atoms with Gasteiger partial charge in [0.2, 0.25) is 5.95 Å². The number of rotatable bonds is 7. The van der Waals surface area contributed by atoms with Gasteiger partial charge in [0.05, 0.1) is 31.1 Å². The second kappa shape index (κ2) is 8.56. The largest absolute Gasteiger partial charge is 0.493 e. The summed E-state index contributed by atoms with van der Waals surface area (Å²) in [5.74, 6) is 2.06. The fourth-order valence-corrected chi connectivity index (χ4v) is 3.66. The molecule has 0 aliphatic carbocycles. The highest BCUT2D eigenvalue weighted by Crippen LogP contribution is 2.37. The smallest absolute Gasteiger partial charge is 0.201 e. The first-order valence-electron chi connectivity index (χ1n) is 10.2. The van der Waals surface area contributed by atoms with E-state index in [1.165, 1.54) is 5.56 Å². The van der Waals surface area contributed by atoms with E-state index in [4.69, 9.17) is 14.5 Å². The number of nitrogens with one attached hydrogen (secondary N) is 2. The number of H-pyrrole nitrogens is 1. The molecule has 0 bridgehead atoms. The van der Waals surface area contributed by atoms with Crippen molar-refractivity contribution in [1.29, 1.82) is 0 Å². The summed E-state index contributed by atoms with van der Waals surface area (Å²) in [6.07, 6.45) is 0. The lowest BCUT2D eigenvalue weighted by Crippen LogP contribution is -2.28. The molecule has 0 fully saturated rings. The third kappa shape index (κ3) is 4.26. The van der Waals surface area contributed by atoms with Gasteiger partial charge >= 0.3 is 0 Å². The highest BCUT2D eigenvalue weighted by molar-refractivity contribution is 5.81. The Morgan fingerprint density at radius 3 is 2.06 bits per heavy atom. The van der Waals surface area contributed by atoms with Crippen molar-refractivity contribution >= 4 is 5.95 Å². The zero-order valence-corrected chi connectivity index (χ0v) is 18.3. The zero-order valence-electron chi connectivity index (χ0n) is 18.3. The molecule has 158 valence electrons. The molecule has 0 saturated heterocycles. The van der Waals surface area contributed by atoms with Crippen LogP contribution in [0.15, 0.2) is 78.9 Å². The Morgan fingerprint density at radius 1 is 0.774 bits per heavy atom. The van der Waals surface area contributed by atoms with Gasteiger partial charge in [-0.25, -0.2) is 4.98 Å². The SMILES string of the molecule is COc1ccc(-c2nc(NC(C)(C)c3ccccc3)[nH]c2-c2ccccc2)cc1OC. The van der Waals surface area contributed by atoms with Gasteiger partial charge in [-0.1, -0.05) is 60.7 Å². The normalized spacial score (nSPS) is 11.2. The molecule has 0 amide bonds. The van der Waals surface area contributed by atoms with Gasteiger partial charge < -0.3 is 19.8 Å². The topological polar surface area (TPSA) is 59.2 Å². The van der Waals surface area contributed by atoms with E-state index in [9.17, 15) is 0 Å². The summed E-state index contributed by atoms with van der Waals surface area (Å²) >= 11 is 0. The first-order chi connectivity index (χ1) is 15.0. The van der Waals surface area contributed by atoms with Crippen LogP contribution >= 0.6 is 0 Å². The van der Waals surface area contributed by atoms with Crippen LogP contribution in [0.3, 0.4) is 0 Å². The first kappa shape index (κ1) is 20.5. The van der Waals surface area contributed by atoms with E-state index in [2.05, 4.69) is 48.4 Å². The van der Waals surface area contributed by atoms with E-state index in [0.29, 0.717) is 17.4 Å². The summed E-state index contributed by atoms with van der Waals surface area (Å²) in [6.45, 7) is 4.28. The minimum absolute atomic E-state index is 0.304. The molecule has 4 rings (SSSR count). The van der Waals surface area contributed by atoms with Crippen molar-refractivity contribution in [1.82, 2.24) is 9.97 Å². The number of methoxy groups -OCH3 is 2. The van der Waals surface area contributed by atoms with Crippen LogP contribution in [0.5, 0.6) is 11.5 Å². The van der Waals surface area contributed by atoms with Crippen molar-refractivity contribution in [2.45, 2.75) is 19.4 Å². The fourth-order valence-electron chi connectivity index (χ4n) is 3.66. The van der Waals surface area contributed by atoms with Crippen molar-refractivity contribution in [2.24, 2.45) is 0 Å². The van der Waals surface area contributed by atoms with Crippen molar-refractivity contribution in [3.05, 3.63) is 84.4 Å². The van der Waals surface area contributed by atoms with E-state index in [1.807, 2.05) is 54.6 Å². The third-order valence-electron chi connectivity index (χ3n) is 5.35. The molecule has 0 atom stereocenters. The predicted octanol–water partition coefficient (Wildman–Crippen LogP) is 6.11. The maximum Gasteiger partial charge on any atom is 0.201 e. The molecule has 4 aromatic rings. The number of aromatic nitrogens is 2. The van der Waals surface area contributed by atoms with E-state index >= 15 is 0 Å². The lowest BCUT2D eigenvalue weighted by molar-refractivity contribution is 0.355. The van der Waals surface area contributed by atoms with Crippen LogP contribution in [-0.4, -0.2) is 24.2 Å². The second-order valence-electron chi connectivity index (χ2n) is 7.86. The molecule has 0 radical (unpaired) electrons. The van der Waals surface area contributed by atoms with Gasteiger partial charge in [0.25, 0.3) is 0 Å². The van der Waals surface area contributed by atoms with Crippen LogP contribution in [0.25, 0.3) is 22.5 Å². The van der Waals surface area contributed by atoms with E-state index in [-0.39, 0.29) is 5.54 Å². The highest BCUT2D eigenvalue weighted by atomic mass is 16.5. The van der Waals surface area contributed by atoms with Gasteiger partial charge in [0.1, 0.15) is 0 Å². The molecule has 3 aromatic carbocycles. The number of aromatic amines is 1. The maximum atomic E-state index is 5.51. The van der Waals surface area contributed by atoms with Gasteiger partial charge in [0, 0.05) is 11.1 Å². The summed E-state index contributed by atoms with van der Waals surface area (Å²) in [5.41, 5.74) is 4.67. The second-order valence-corrected chi connectivity index (χ2v) is 7.86. The Balaban J connectivity index is 1.79. The lowest BCUT2D eigenvalue weighted by atomic mass is 9.95. The number of hydrogen-bond acceptors (Lipinski definition) is 4. The predicted molar refractivity (Wildman–Crippen MR) is 126 cm³/mol. The van der Waals surface area contributed by atoms with Crippen molar-refractivity contribution < 1.29 is 9.47 Å². The lowest BCUT2D eigenvalue weighted by Gasteiger charge is -2.26. The first-order valence-corrected chi connectivity index (χ1v) is 10.2. The molecule has 1 heterocycles. The van der Waals surface area contributed by atoms with Crippen LogP contribution in [0.1, 0.15) is 19.4 Å². The molecule has 31 heavy (non-hydrogen) atoms. The molecule has 5 heteroatoms. The number of anilines is 1. The van der Waals surface area contributed by atoms with Crippen LogP contribution in [0, 0.1) is 0 Å². The summed E-state index contributed by atoms with van der Waals surface area (Å²) in [7, 11) is 3.27. The van der Waals surface area contributed by atoms with Gasteiger partial charge in [-0.2, -0.15) is 0 Å². The van der Waals surface area contributed by atoms with E-state index in [0.717, 1.165) is 22.5 Å². The Kier molecular flexibility index (Phi) is 5.67. The molecule has 0 aliphatic rings. The zero-order chi connectivity index (χ0) is 21.8. The summed E-state index contributed by atoms with van der Waals surface area (Å²) in [5, 5.41) is 3.56. The monoisotopic (exact) mass is 413 g/mol. The quantitative estimate of drug-likeness (QED) is 0.384. The summed E-state index contributed by atoms with van der Waals surface area (Å²) in [4.78, 5) is 8.43. The molecule has 0 spiro atoms. The number of imidazole rings is 1. The van der Waals surface area contributed by atoms with Crippen LogP contribution in [-0.2, 0) is 5.54 Å². The Hall–Kier alpha value is -3.73. The van der Waals surface area contributed by atoms with Gasteiger partial charge in [-0.3, -0.25) is 0 Å². The Labute approximate surface area is 183 Å². The summed E-state index contributed by atoms with van der Waals surface area (Å²) in [6, 6.07) is 26.4. The molecule has 0 aliphatic heterocycles. The van der Waals surface area contributed by atoms with Crippen molar-refractivity contribution in [3.63, 3.8) is 0 Å². The average molecular weight is 414 g/mol. The van der Waals surface area contributed by atoms with E-state index in [1.54, 1.807) is 14.2 Å². The average Bonchev–Trinajstić information content (AvgIpc) is 3.22. The highest BCUT2D eigenvalue weighted by Gasteiger charge is 2.23. The molecular weight excluding hydrogens is 386 g/mol.